The highest BCUT2D eigenvalue weighted by Crippen LogP contribution is 2.37. The Kier molecular flexibility index (Phi) is 5.25. The van der Waals surface area contributed by atoms with Crippen molar-refractivity contribution in [2.45, 2.75) is 18.2 Å². The molecule has 2 heterocycles. The first-order valence-corrected chi connectivity index (χ1v) is 8.82. The van der Waals surface area contributed by atoms with E-state index in [1.807, 2.05) is 24.3 Å². The molecule has 1 aliphatic rings. The Hall–Kier alpha value is -2.21. The topological polar surface area (TPSA) is 59.8 Å². The Morgan fingerprint density at radius 3 is 2.92 bits per heavy atom. The number of likely N-dealkylation sites (N-methyl/N-ethyl adjacent to an activating group) is 1. The zero-order chi connectivity index (χ0) is 16.9. The van der Waals surface area contributed by atoms with Crippen molar-refractivity contribution in [2.24, 2.45) is 0 Å². The lowest BCUT2D eigenvalue weighted by Crippen LogP contribution is -2.31. The predicted molar refractivity (Wildman–Crippen MR) is 91.5 cm³/mol. The molecule has 1 unspecified atom stereocenters. The van der Waals surface area contributed by atoms with Crippen LogP contribution in [0.4, 0.5) is 0 Å². The van der Waals surface area contributed by atoms with Crippen LogP contribution in [0.2, 0.25) is 0 Å². The van der Waals surface area contributed by atoms with Gasteiger partial charge in [0.15, 0.2) is 6.61 Å². The molecule has 0 aliphatic carbocycles. The average molecular weight is 345 g/mol. The fraction of sp³-hybridized carbons (Fsp3) is 0.333. The lowest BCUT2D eigenvalue weighted by molar-refractivity contribution is -0.151. The number of hydrogen-bond acceptors (Lipinski definition) is 5. The first kappa shape index (κ1) is 16.6. The van der Waals surface area contributed by atoms with Gasteiger partial charge in [0.05, 0.1) is 12.8 Å². The van der Waals surface area contributed by atoms with Gasteiger partial charge in [0.2, 0.25) is 0 Å². The van der Waals surface area contributed by atoms with E-state index in [-0.39, 0.29) is 23.7 Å². The number of esters is 1. The van der Waals surface area contributed by atoms with Crippen LogP contribution in [0.3, 0.4) is 0 Å². The predicted octanol–water partition coefficient (Wildman–Crippen LogP) is 2.81. The van der Waals surface area contributed by atoms with Crippen molar-refractivity contribution >= 4 is 23.6 Å². The highest BCUT2D eigenvalue weighted by molar-refractivity contribution is 8.00. The van der Waals surface area contributed by atoms with Gasteiger partial charge >= 0.3 is 5.97 Å². The number of furan rings is 1. The minimum absolute atomic E-state index is 0.255. The van der Waals surface area contributed by atoms with E-state index in [1.165, 1.54) is 10.5 Å². The van der Waals surface area contributed by atoms with Crippen molar-refractivity contribution in [3.8, 4) is 0 Å². The zero-order valence-corrected chi connectivity index (χ0v) is 14.3. The number of hydrogen-bond donors (Lipinski definition) is 0. The minimum atomic E-state index is -0.355. The van der Waals surface area contributed by atoms with Gasteiger partial charge in [-0.1, -0.05) is 24.3 Å². The maximum atomic E-state index is 12.4. The third-order valence-corrected chi connectivity index (χ3v) is 5.16. The Balaban J connectivity index is 1.55. The molecule has 0 saturated heterocycles. The van der Waals surface area contributed by atoms with Crippen molar-refractivity contribution in [3.63, 3.8) is 0 Å². The van der Waals surface area contributed by atoms with Gasteiger partial charge in [0, 0.05) is 7.05 Å². The number of thioether (sulfide) groups is 1. The van der Waals surface area contributed by atoms with Crippen LogP contribution in [0.15, 0.2) is 47.1 Å². The first-order chi connectivity index (χ1) is 11.6. The van der Waals surface area contributed by atoms with Crippen molar-refractivity contribution in [1.29, 1.82) is 0 Å². The maximum absolute atomic E-state index is 12.4. The minimum Gasteiger partial charge on any atom is -0.467 e. The summed E-state index contributed by atoms with van der Waals surface area (Å²) in [6.45, 7) is 0.0969. The highest BCUT2D eigenvalue weighted by Gasteiger charge is 2.28. The van der Waals surface area contributed by atoms with E-state index in [9.17, 15) is 9.59 Å². The van der Waals surface area contributed by atoms with E-state index >= 15 is 0 Å². The third-order valence-electron chi connectivity index (χ3n) is 3.94. The van der Waals surface area contributed by atoms with Gasteiger partial charge in [-0.05, 0) is 35.4 Å². The van der Waals surface area contributed by atoms with Crippen molar-refractivity contribution in [1.82, 2.24) is 4.90 Å². The summed E-state index contributed by atoms with van der Waals surface area (Å²) in [6.07, 6.45) is 2.51. The molecule has 1 aromatic carbocycles. The van der Waals surface area contributed by atoms with Crippen LogP contribution in [0.5, 0.6) is 0 Å². The number of ether oxygens (including phenoxy) is 1. The Morgan fingerprint density at radius 1 is 1.29 bits per heavy atom. The summed E-state index contributed by atoms with van der Waals surface area (Å²) in [5, 5.41) is -0.349. The molecule has 1 atom stereocenters. The van der Waals surface area contributed by atoms with Crippen LogP contribution in [-0.4, -0.2) is 36.2 Å². The lowest BCUT2D eigenvalue weighted by atomic mass is 10.0. The molecule has 1 aliphatic heterocycles. The van der Waals surface area contributed by atoms with Crippen molar-refractivity contribution in [3.05, 3.63) is 59.5 Å². The summed E-state index contributed by atoms with van der Waals surface area (Å²) in [5.41, 5.74) is 2.18. The molecular weight excluding hydrogens is 326 g/mol. The molecule has 3 rings (SSSR count). The lowest BCUT2D eigenvalue weighted by Gasteiger charge is -2.24. The number of fused-ring (bicyclic) bond motifs is 1. The molecule has 0 saturated carbocycles. The summed E-state index contributed by atoms with van der Waals surface area (Å²) >= 11 is 1.56. The summed E-state index contributed by atoms with van der Waals surface area (Å²) in [6, 6.07) is 11.5. The molecule has 5 nitrogen and oxygen atoms in total. The second-order valence-corrected chi connectivity index (χ2v) is 6.85. The number of benzene rings is 1. The molecular formula is C18H19NO4S. The van der Waals surface area contributed by atoms with Crippen LogP contribution in [-0.2, 0) is 27.3 Å². The van der Waals surface area contributed by atoms with Crippen molar-refractivity contribution < 1.29 is 18.7 Å². The Bertz CT molecular complexity index is 714. The Morgan fingerprint density at radius 2 is 2.12 bits per heavy atom. The monoisotopic (exact) mass is 345 g/mol. The molecule has 24 heavy (non-hydrogen) atoms. The molecule has 0 fully saturated rings. The summed E-state index contributed by atoms with van der Waals surface area (Å²) in [5.74, 6) is 0.957. The molecule has 0 N–H and O–H groups in total. The van der Waals surface area contributed by atoms with Crippen molar-refractivity contribution in [2.75, 3.05) is 19.4 Å². The molecule has 2 aromatic rings. The third kappa shape index (κ3) is 3.82. The second-order valence-electron chi connectivity index (χ2n) is 5.64. The van der Waals surface area contributed by atoms with E-state index in [0.29, 0.717) is 12.3 Å². The first-order valence-electron chi connectivity index (χ1n) is 7.77. The highest BCUT2D eigenvalue weighted by atomic mass is 32.2. The molecule has 6 heteroatoms. The molecule has 0 spiro atoms. The normalized spacial score (nSPS) is 16.3. The number of amides is 1. The van der Waals surface area contributed by atoms with Gasteiger partial charge in [-0.25, -0.2) is 0 Å². The molecule has 0 radical (unpaired) electrons. The van der Waals surface area contributed by atoms with Crippen LogP contribution >= 0.6 is 11.8 Å². The van der Waals surface area contributed by atoms with Crippen LogP contribution in [0.1, 0.15) is 22.1 Å². The fourth-order valence-electron chi connectivity index (χ4n) is 2.63. The summed E-state index contributed by atoms with van der Waals surface area (Å²) < 4.78 is 10.5. The quantitative estimate of drug-likeness (QED) is 0.780. The van der Waals surface area contributed by atoms with E-state index in [1.54, 1.807) is 37.2 Å². The Labute approximate surface area is 145 Å². The van der Waals surface area contributed by atoms with Crippen LogP contribution in [0.25, 0.3) is 0 Å². The van der Waals surface area contributed by atoms with Gasteiger partial charge in [-0.3, -0.25) is 9.59 Å². The molecule has 0 bridgehead atoms. The van der Waals surface area contributed by atoms with Gasteiger partial charge in [-0.15, -0.1) is 11.8 Å². The number of aryl methyl sites for hydroxylation is 1. The van der Waals surface area contributed by atoms with Gasteiger partial charge in [-0.2, -0.15) is 0 Å². The van der Waals surface area contributed by atoms with E-state index < -0.39 is 0 Å². The zero-order valence-electron chi connectivity index (χ0n) is 13.4. The van der Waals surface area contributed by atoms with E-state index in [4.69, 9.17) is 9.15 Å². The number of carbonyl (C=O) groups excluding carboxylic acids is 2. The number of nitrogens with zero attached hydrogens (tertiary/aromatic N) is 1. The van der Waals surface area contributed by atoms with Crippen LogP contribution < -0.4 is 0 Å². The largest absolute Gasteiger partial charge is 0.467 e. The molecule has 1 aromatic heterocycles. The number of rotatable bonds is 5. The van der Waals surface area contributed by atoms with Gasteiger partial charge in [0.1, 0.15) is 11.0 Å². The fourth-order valence-corrected chi connectivity index (χ4v) is 3.82. The standard InChI is InChI=1S/C18H19NO4S/c1-19(11-14-6-4-9-22-14)16(20)12-23-18(21)17-15-7-3-2-5-13(15)8-10-24-17/h2-7,9,17H,8,10-12H2,1H3. The average Bonchev–Trinajstić information content (AvgIpc) is 3.11. The van der Waals surface area contributed by atoms with E-state index in [0.717, 1.165) is 17.7 Å². The smallest absolute Gasteiger partial charge is 0.324 e. The maximum Gasteiger partial charge on any atom is 0.324 e. The molecule has 126 valence electrons. The molecule has 1 amide bonds. The van der Waals surface area contributed by atoms with Gasteiger partial charge in [0.25, 0.3) is 5.91 Å². The van der Waals surface area contributed by atoms with Crippen LogP contribution in [0, 0.1) is 0 Å². The second kappa shape index (κ2) is 7.57. The summed E-state index contributed by atoms with van der Waals surface area (Å²) in [7, 11) is 1.66. The number of carbonyl (C=O) groups is 2. The van der Waals surface area contributed by atoms with E-state index in [2.05, 4.69) is 0 Å². The van der Waals surface area contributed by atoms with Gasteiger partial charge < -0.3 is 14.1 Å². The summed E-state index contributed by atoms with van der Waals surface area (Å²) in [4.78, 5) is 26.0. The SMILES string of the molecule is CN(Cc1ccco1)C(=O)COC(=O)C1SCCc2ccccc21.